The van der Waals surface area contributed by atoms with Crippen LogP contribution in [0.5, 0.6) is 0 Å². The number of fused-ring (bicyclic) bond motifs is 1. The van der Waals surface area contributed by atoms with E-state index >= 15 is 0 Å². The van der Waals surface area contributed by atoms with E-state index in [-0.39, 0.29) is 27.9 Å². The maximum Gasteiger partial charge on any atom is 0.192 e. The Morgan fingerprint density at radius 1 is 0.733 bits per heavy atom. The van der Waals surface area contributed by atoms with Gasteiger partial charge in [-0.1, -0.05) is 71.8 Å². The van der Waals surface area contributed by atoms with Crippen molar-refractivity contribution in [2.75, 3.05) is 0 Å². The van der Waals surface area contributed by atoms with Gasteiger partial charge in [0.25, 0.3) is 0 Å². The summed E-state index contributed by atoms with van der Waals surface area (Å²) in [6, 6.07) is 0. The SMILES string of the molecule is CC(C)(CC[C@H]1CC[C@]2(C)CC(=CC=C3C[C@@H](O[Si](C)(C)C(C)(C)C)C[C@H](O[Si](C)(C)C(C)(C)C)C3)CCC2C1)O[Si](C)(C)C. The summed E-state index contributed by atoms with van der Waals surface area (Å²) < 4.78 is 20.7. The minimum atomic E-state index is -1.86. The molecule has 0 radical (unpaired) electrons. The predicted octanol–water partition coefficient (Wildman–Crippen LogP) is 12.8. The molecule has 3 nitrogen and oxygen atoms in total. The van der Waals surface area contributed by atoms with E-state index in [1.807, 2.05) is 0 Å². The average Bonchev–Trinajstić information content (AvgIpc) is 2.82. The molecular formula is C39H76O3Si3. The van der Waals surface area contributed by atoms with Crippen LogP contribution >= 0.6 is 0 Å². The lowest BCUT2D eigenvalue weighted by molar-refractivity contribution is 0.0374. The molecule has 0 aromatic heterocycles. The second kappa shape index (κ2) is 14.1. The van der Waals surface area contributed by atoms with Gasteiger partial charge in [-0.05, 0) is 158 Å². The van der Waals surface area contributed by atoms with Gasteiger partial charge in [0, 0.05) is 0 Å². The fraction of sp³-hybridized carbons (Fsp3) is 0.897. The van der Waals surface area contributed by atoms with Crippen LogP contribution in [0.3, 0.4) is 0 Å². The smallest absolute Gasteiger partial charge is 0.192 e. The number of rotatable bonds is 10. The molecule has 3 fully saturated rings. The molecule has 0 bridgehead atoms. The first-order valence-electron chi connectivity index (χ1n) is 18.6. The minimum Gasteiger partial charge on any atom is -0.414 e. The summed E-state index contributed by atoms with van der Waals surface area (Å²) in [6.07, 6.45) is 19.4. The molecule has 6 heteroatoms. The van der Waals surface area contributed by atoms with Crippen LogP contribution in [0.15, 0.2) is 23.3 Å². The lowest BCUT2D eigenvalue weighted by atomic mass is 9.57. The molecule has 0 aromatic rings. The zero-order chi connectivity index (χ0) is 34.3. The van der Waals surface area contributed by atoms with E-state index in [0.717, 1.165) is 31.1 Å². The Balaban J connectivity index is 1.69. The molecule has 0 N–H and O–H groups in total. The van der Waals surface area contributed by atoms with Gasteiger partial charge in [-0.2, -0.15) is 0 Å². The van der Waals surface area contributed by atoms with E-state index in [9.17, 15) is 0 Å². The quantitative estimate of drug-likeness (QED) is 0.216. The van der Waals surface area contributed by atoms with E-state index in [1.165, 1.54) is 51.4 Å². The van der Waals surface area contributed by atoms with Crippen LogP contribution in [-0.2, 0) is 13.3 Å². The summed E-state index contributed by atoms with van der Waals surface area (Å²) in [5.74, 6) is 1.75. The molecule has 3 rings (SSSR count). The summed E-state index contributed by atoms with van der Waals surface area (Å²) in [4.78, 5) is 0. The summed E-state index contributed by atoms with van der Waals surface area (Å²) in [7, 11) is -5.23. The zero-order valence-electron chi connectivity index (χ0n) is 33.0. The highest BCUT2D eigenvalue weighted by Crippen LogP contribution is 2.54. The van der Waals surface area contributed by atoms with Crippen molar-refractivity contribution in [3.8, 4) is 0 Å². The summed E-state index contributed by atoms with van der Waals surface area (Å²) >= 11 is 0. The number of hydrogen-bond acceptors (Lipinski definition) is 3. The van der Waals surface area contributed by atoms with E-state index in [1.54, 1.807) is 11.1 Å². The van der Waals surface area contributed by atoms with Crippen molar-refractivity contribution in [3.05, 3.63) is 23.3 Å². The first-order chi connectivity index (χ1) is 20.2. The molecular weight excluding hydrogens is 601 g/mol. The second-order valence-corrected chi connectivity index (χ2v) is 34.5. The van der Waals surface area contributed by atoms with Crippen LogP contribution in [0.2, 0.25) is 55.9 Å². The highest BCUT2D eigenvalue weighted by Gasteiger charge is 2.45. The van der Waals surface area contributed by atoms with Crippen LogP contribution in [0.25, 0.3) is 0 Å². The number of allylic oxidation sites excluding steroid dienone is 3. The summed E-state index contributed by atoms with van der Waals surface area (Å²) in [5, 5.41) is 0.439. The van der Waals surface area contributed by atoms with Gasteiger partial charge in [0.1, 0.15) is 0 Å². The molecule has 45 heavy (non-hydrogen) atoms. The largest absolute Gasteiger partial charge is 0.414 e. The van der Waals surface area contributed by atoms with Gasteiger partial charge in [-0.15, -0.1) is 0 Å². The van der Waals surface area contributed by atoms with Crippen molar-refractivity contribution in [3.63, 3.8) is 0 Å². The molecule has 0 spiro atoms. The molecule has 3 aliphatic rings. The van der Waals surface area contributed by atoms with Gasteiger partial charge in [0.15, 0.2) is 25.0 Å². The minimum absolute atomic E-state index is 0.0176. The topological polar surface area (TPSA) is 27.7 Å². The molecule has 1 unspecified atom stereocenters. The molecule has 0 saturated heterocycles. The Kier molecular flexibility index (Phi) is 12.4. The van der Waals surface area contributed by atoms with Crippen LogP contribution < -0.4 is 0 Å². The monoisotopic (exact) mass is 677 g/mol. The maximum absolute atomic E-state index is 7.06. The van der Waals surface area contributed by atoms with Gasteiger partial charge >= 0.3 is 0 Å². The fourth-order valence-corrected chi connectivity index (χ4v) is 12.4. The van der Waals surface area contributed by atoms with Gasteiger partial charge in [0.2, 0.25) is 0 Å². The molecule has 3 aliphatic carbocycles. The highest BCUT2D eigenvalue weighted by atomic mass is 28.4. The molecule has 5 atom stereocenters. The van der Waals surface area contributed by atoms with Crippen LogP contribution in [0.1, 0.15) is 133 Å². The van der Waals surface area contributed by atoms with Crippen LogP contribution in [-0.4, -0.2) is 42.8 Å². The van der Waals surface area contributed by atoms with E-state index < -0.39 is 25.0 Å². The first-order valence-corrected chi connectivity index (χ1v) is 27.9. The average molecular weight is 677 g/mol. The second-order valence-electron chi connectivity index (χ2n) is 20.5. The van der Waals surface area contributed by atoms with E-state index in [4.69, 9.17) is 13.3 Å². The van der Waals surface area contributed by atoms with E-state index in [0.29, 0.717) is 5.41 Å². The third-order valence-corrected chi connectivity index (χ3v) is 22.7. The summed E-state index contributed by atoms with van der Waals surface area (Å²) in [5.41, 5.74) is 3.71. The fourth-order valence-electron chi connectivity index (χ4n) is 7.91. The molecule has 0 heterocycles. The predicted molar refractivity (Wildman–Crippen MR) is 205 cm³/mol. The number of hydrogen-bond donors (Lipinski definition) is 0. The van der Waals surface area contributed by atoms with Gasteiger partial charge < -0.3 is 13.3 Å². The van der Waals surface area contributed by atoms with Gasteiger partial charge in [0.05, 0.1) is 17.8 Å². The Labute approximate surface area is 284 Å². The molecule has 0 aliphatic heterocycles. The molecule has 0 amide bonds. The van der Waals surface area contributed by atoms with Crippen molar-refractivity contribution >= 4 is 25.0 Å². The first kappa shape index (κ1) is 39.4. The lowest BCUT2D eigenvalue weighted by Gasteiger charge is -2.49. The summed E-state index contributed by atoms with van der Waals surface area (Å²) in [6.45, 7) is 38.0. The standard InChI is InChI=1S/C39H76O3Si3/c1-36(2,3)44(13,14)40-34-26-32(27-35(28-34)41-45(15,16)37(4,5)6)18-17-31-19-20-33-25-30(22-24-39(33,9)29-31)21-23-38(7,8)42-43(10,11)12/h17-18,30,33-35H,19-29H2,1-16H3/t30-,33?,34+,35+,39+/m0/s1. The normalized spacial score (nSPS) is 30.4. The van der Waals surface area contributed by atoms with Crippen molar-refractivity contribution in [1.82, 2.24) is 0 Å². The third kappa shape index (κ3) is 11.3. The third-order valence-electron chi connectivity index (χ3n) is 12.5. The van der Waals surface area contributed by atoms with Gasteiger partial charge in [-0.25, -0.2) is 0 Å². The molecule has 3 saturated carbocycles. The van der Waals surface area contributed by atoms with Crippen LogP contribution in [0.4, 0.5) is 0 Å². The van der Waals surface area contributed by atoms with Gasteiger partial charge in [-0.3, -0.25) is 0 Å². The van der Waals surface area contributed by atoms with Crippen molar-refractivity contribution < 1.29 is 13.3 Å². The Bertz CT molecular complexity index is 1010. The Morgan fingerprint density at radius 2 is 1.24 bits per heavy atom. The Hall–Kier alpha value is 0.0106. The van der Waals surface area contributed by atoms with Crippen molar-refractivity contribution in [2.24, 2.45) is 17.3 Å². The maximum atomic E-state index is 7.06. The van der Waals surface area contributed by atoms with E-state index in [2.05, 4.69) is 120 Å². The van der Waals surface area contributed by atoms with Crippen molar-refractivity contribution in [2.45, 2.75) is 207 Å². The van der Waals surface area contributed by atoms with Crippen LogP contribution in [0, 0.1) is 17.3 Å². The molecule has 262 valence electrons. The zero-order valence-corrected chi connectivity index (χ0v) is 36.0. The molecule has 0 aromatic carbocycles. The lowest BCUT2D eigenvalue weighted by Crippen LogP contribution is -2.48. The highest BCUT2D eigenvalue weighted by molar-refractivity contribution is 6.74. The Morgan fingerprint density at radius 3 is 1.73 bits per heavy atom. The van der Waals surface area contributed by atoms with Crippen molar-refractivity contribution in [1.29, 1.82) is 0 Å².